The van der Waals surface area contributed by atoms with Crippen molar-refractivity contribution < 1.29 is 13.7 Å². The number of fused-ring (bicyclic) bond motifs is 1. The van der Waals surface area contributed by atoms with E-state index in [-0.39, 0.29) is 5.91 Å². The third kappa shape index (κ3) is 3.74. The largest absolute Gasteiger partial charge is 0.460 e. The quantitative estimate of drug-likeness (QED) is 0.509. The van der Waals surface area contributed by atoms with Crippen molar-refractivity contribution in [1.29, 1.82) is 0 Å². The monoisotopic (exact) mass is 401 g/mol. The smallest absolute Gasteiger partial charge is 0.292 e. The van der Waals surface area contributed by atoms with Gasteiger partial charge in [-0.15, -0.1) is 0 Å². The Kier molecular flexibility index (Phi) is 4.85. The fourth-order valence-electron chi connectivity index (χ4n) is 3.91. The second kappa shape index (κ2) is 7.80. The summed E-state index contributed by atoms with van der Waals surface area (Å²) in [6, 6.07) is 18.6. The molecular formula is C24H23N3O3. The van der Waals surface area contributed by atoms with E-state index in [2.05, 4.69) is 59.4 Å². The number of piperazine rings is 1. The van der Waals surface area contributed by atoms with E-state index in [1.54, 1.807) is 6.07 Å². The minimum absolute atomic E-state index is 0.0977. The molecule has 1 amide bonds. The molecule has 4 aromatic rings. The molecule has 6 heteroatoms. The maximum Gasteiger partial charge on any atom is 0.292 e. The van der Waals surface area contributed by atoms with Crippen LogP contribution in [-0.2, 0) is 6.54 Å². The summed E-state index contributed by atoms with van der Waals surface area (Å²) in [4.78, 5) is 16.5. The van der Waals surface area contributed by atoms with Crippen LogP contribution in [0.5, 0.6) is 0 Å². The number of carbonyl (C=O) groups excluding carboxylic acids is 1. The van der Waals surface area contributed by atoms with Crippen LogP contribution in [0.3, 0.4) is 0 Å². The number of hydrogen-bond acceptors (Lipinski definition) is 5. The Morgan fingerprint density at radius 2 is 1.73 bits per heavy atom. The van der Waals surface area contributed by atoms with Crippen LogP contribution in [0.2, 0.25) is 0 Å². The fourth-order valence-corrected chi connectivity index (χ4v) is 3.91. The molecule has 0 N–H and O–H groups in total. The van der Waals surface area contributed by atoms with Crippen LogP contribution in [0.25, 0.3) is 22.1 Å². The van der Waals surface area contributed by atoms with Crippen LogP contribution >= 0.6 is 0 Å². The number of amides is 1. The Hall–Kier alpha value is -3.38. The Morgan fingerprint density at radius 3 is 2.47 bits per heavy atom. The second-order valence-corrected chi connectivity index (χ2v) is 7.78. The number of carbonyl (C=O) groups is 1. The van der Waals surface area contributed by atoms with E-state index in [9.17, 15) is 4.79 Å². The molecule has 0 unspecified atom stereocenters. The number of rotatable bonds is 4. The first-order valence-corrected chi connectivity index (χ1v) is 10.2. The summed E-state index contributed by atoms with van der Waals surface area (Å²) in [6.45, 7) is 5.75. The summed E-state index contributed by atoms with van der Waals surface area (Å²) >= 11 is 0. The lowest BCUT2D eigenvalue weighted by Gasteiger charge is -2.33. The highest BCUT2D eigenvalue weighted by Gasteiger charge is 2.24. The molecular weight excluding hydrogens is 378 g/mol. The Labute approximate surface area is 174 Å². The van der Waals surface area contributed by atoms with E-state index in [0.29, 0.717) is 18.8 Å². The van der Waals surface area contributed by atoms with Crippen molar-refractivity contribution in [2.45, 2.75) is 13.5 Å². The molecule has 2 aromatic heterocycles. The molecule has 0 atom stereocenters. The van der Waals surface area contributed by atoms with Crippen LogP contribution in [0.15, 0.2) is 69.7 Å². The number of furan rings is 1. The molecule has 0 radical (unpaired) electrons. The first-order valence-electron chi connectivity index (χ1n) is 10.2. The first-order chi connectivity index (χ1) is 14.7. The lowest BCUT2D eigenvalue weighted by molar-refractivity contribution is 0.0581. The minimum atomic E-state index is -0.0977. The van der Waals surface area contributed by atoms with E-state index >= 15 is 0 Å². The van der Waals surface area contributed by atoms with Crippen molar-refractivity contribution in [2.75, 3.05) is 26.2 Å². The van der Waals surface area contributed by atoms with E-state index < -0.39 is 0 Å². The van der Waals surface area contributed by atoms with Gasteiger partial charge in [0.25, 0.3) is 5.91 Å². The highest BCUT2D eigenvalue weighted by atomic mass is 16.5. The third-order valence-electron chi connectivity index (χ3n) is 5.64. The number of hydrogen-bond donors (Lipinski definition) is 0. The zero-order valence-corrected chi connectivity index (χ0v) is 16.9. The van der Waals surface area contributed by atoms with E-state index in [4.69, 9.17) is 8.94 Å². The SMILES string of the molecule is Cc1ccc(-c2ccc3oc(CN4CCN(C(=O)c5ccno5)CC4)cc3c2)cc1. The molecule has 2 aromatic carbocycles. The van der Waals surface area contributed by atoms with Gasteiger partial charge in [-0.3, -0.25) is 9.69 Å². The van der Waals surface area contributed by atoms with Gasteiger partial charge in [0.1, 0.15) is 11.3 Å². The number of aromatic nitrogens is 1. The normalized spacial score (nSPS) is 15.0. The average molecular weight is 401 g/mol. The lowest BCUT2D eigenvalue weighted by Crippen LogP contribution is -2.48. The fraction of sp³-hybridized carbons (Fsp3) is 0.250. The summed E-state index contributed by atoms with van der Waals surface area (Å²) in [5.74, 6) is 1.14. The summed E-state index contributed by atoms with van der Waals surface area (Å²) in [5, 5.41) is 4.73. The van der Waals surface area contributed by atoms with Crippen molar-refractivity contribution >= 4 is 16.9 Å². The van der Waals surface area contributed by atoms with Gasteiger partial charge in [-0.2, -0.15) is 0 Å². The Bertz CT molecular complexity index is 1150. The van der Waals surface area contributed by atoms with E-state index in [1.165, 1.54) is 22.9 Å². The molecule has 1 saturated heterocycles. The molecule has 0 spiro atoms. The van der Waals surface area contributed by atoms with Gasteiger partial charge in [-0.1, -0.05) is 41.1 Å². The van der Waals surface area contributed by atoms with Crippen LogP contribution in [-0.4, -0.2) is 47.0 Å². The molecule has 152 valence electrons. The van der Waals surface area contributed by atoms with Gasteiger partial charge < -0.3 is 13.8 Å². The molecule has 1 aliphatic rings. The van der Waals surface area contributed by atoms with E-state index in [1.807, 2.05) is 11.0 Å². The summed E-state index contributed by atoms with van der Waals surface area (Å²) in [7, 11) is 0. The van der Waals surface area contributed by atoms with Crippen LogP contribution < -0.4 is 0 Å². The zero-order chi connectivity index (χ0) is 20.5. The molecule has 1 aliphatic heterocycles. The number of nitrogens with zero attached hydrogens (tertiary/aromatic N) is 3. The van der Waals surface area contributed by atoms with Crippen LogP contribution in [0.1, 0.15) is 21.9 Å². The maximum atomic E-state index is 12.4. The summed E-state index contributed by atoms with van der Waals surface area (Å²) < 4.78 is 11.1. The maximum absolute atomic E-state index is 12.4. The Balaban J connectivity index is 1.25. The van der Waals surface area contributed by atoms with Gasteiger partial charge in [0, 0.05) is 37.6 Å². The Morgan fingerprint density at radius 1 is 0.967 bits per heavy atom. The predicted molar refractivity (Wildman–Crippen MR) is 114 cm³/mol. The molecule has 5 rings (SSSR count). The topological polar surface area (TPSA) is 62.7 Å². The van der Waals surface area contributed by atoms with Crippen molar-refractivity contribution in [3.63, 3.8) is 0 Å². The van der Waals surface area contributed by atoms with Gasteiger partial charge in [-0.25, -0.2) is 0 Å². The molecule has 3 heterocycles. The number of benzene rings is 2. The summed E-state index contributed by atoms with van der Waals surface area (Å²) in [5.41, 5.74) is 4.56. The van der Waals surface area contributed by atoms with Gasteiger partial charge in [0.2, 0.25) is 5.76 Å². The second-order valence-electron chi connectivity index (χ2n) is 7.78. The van der Waals surface area contributed by atoms with Crippen molar-refractivity contribution in [1.82, 2.24) is 15.0 Å². The third-order valence-corrected chi connectivity index (χ3v) is 5.64. The van der Waals surface area contributed by atoms with Gasteiger partial charge in [0.15, 0.2) is 0 Å². The van der Waals surface area contributed by atoms with E-state index in [0.717, 1.165) is 36.4 Å². The van der Waals surface area contributed by atoms with Crippen molar-refractivity contribution in [2.24, 2.45) is 0 Å². The number of aryl methyl sites for hydroxylation is 1. The van der Waals surface area contributed by atoms with Crippen LogP contribution in [0, 0.1) is 6.92 Å². The first kappa shape index (κ1) is 18.6. The minimum Gasteiger partial charge on any atom is -0.460 e. The van der Waals surface area contributed by atoms with Gasteiger partial charge in [-0.05, 0) is 36.2 Å². The molecule has 0 aliphatic carbocycles. The lowest BCUT2D eigenvalue weighted by atomic mass is 10.0. The molecule has 0 saturated carbocycles. The molecule has 6 nitrogen and oxygen atoms in total. The standard InChI is InChI=1S/C24H23N3O3/c1-17-2-4-18(5-3-17)19-6-7-22-20(14-19)15-21(29-22)16-26-10-12-27(13-11-26)24(28)23-8-9-25-30-23/h2-9,14-15H,10-13,16H2,1H3. The summed E-state index contributed by atoms with van der Waals surface area (Å²) in [6.07, 6.45) is 1.50. The van der Waals surface area contributed by atoms with Gasteiger partial charge in [0.05, 0.1) is 12.7 Å². The molecule has 1 fully saturated rings. The zero-order valence-electron chi connectivity index (χ0n) is 16.9. The highest BCUT2D eigenvalue weighted by molar-refractivity contribution is 5.91. The van der Waals surface area contributed by atoms with Crippen LogP contribution in [0.4, 0.5) is 0 Å². The molecule has 0 bridgehead atoms. The van der Waals surface area contributed by atoms with Gasteiger partial charge >= 0.3 is 0 Å². The predicted octanol–water partition coefficient (Wildman–Crippen LogP) is 4.35. The average Bonchev–Trinajstić information content (AvgIpc) is 3.43. The highest BCUT2D eigenvalue weighted by Crippen LogP contribution is 2.27. The van der Waals surface area contributed by atoms with Crippen molar-refractivity contribution in [3.05, 3.63) is 77.9 Å². The van der Waals surface area contributed by atoms with Crippen molar-refractivity contribution in [3.8, 4) is 11.1 Å². The molecule has 30 heavy (non-hydrogen) atoms.